The van der Waals surface area contributed by atoms with Crippen LogP contribution in [0.1, 0.15) is 25.1 Å². The van der Waals surface area contributed by atoms with Gasteiger partial charge in [-0.15, -0.1) is 0 Å². The fourth-order valence-electron chi connectivity index (χ4n) is 1.98. The van der Waals surface area contributed by atoms with Crippen molar-refractivity contribution in [2.24, 2.45) is 5.92 Å². The van der Waals surface area contributed by atoms with E-state index in [4.69, 9.17) is 0 Å². The number of nitrogens with zero attached hydrogens (tertiary/aromatic N) is 2. The van der Waals surface area contributed by atoms with E-state index in [1.807, 2.05) is 19.2 Å². The molecule has 2 aromatic rings. The summed E-state index contributed by atoms with van der Waals surface area (Å²) in [7, 11) is 0. The summed E-state index contributed by atoms with van der Waals surface area (Å²) in [6.07, 6.45) is 1.84. The molecule has 0 bridgehead atoms. The third kappa shape index (κ3) is 3.41. The molecule has 1 aromatic carbocycles. The number of nitrogens with one attached hydrogen (secondary N) is 1. The van der Waals surface area contributed by atoms with Crippen molar-refractivity contribution in [3.05, 3.63) is 47.5 Å². The molecule has 3 nitrogen and oxygen atoms in total. The largest absolute Gasteiger partial charge is 0.312 e. The number of hydrogen-bond acceptors (Lipinski definition) is 2. The highest BCUT2D eigenvalue weighted by atomic mass is 19.1. The molecule has 1 N–H and O–H groups in total. The van der Waals surface area contributed by atoms with Crippen molar-refractivity contribution in [1.82, 2.24) is 15.1 Å². The van der Waals surface area contributed by atoms with Gasteiger partial charge < -0.3 is 5.32 Å². The van der Waals surface area contributed by atoms with Crippen molar-refractivity contribution in [2.75, 3.05) is 6.54 Å². The van der Waals surface area contributed by atoms with Crippen molar-refractivity contribution < 1.29 is 4.39 Å². The zero-order valence-corrected chi connectivity index (χ0v) is 11.7. The van der Waals surface area contributed by atoms with E-state index in [9.17, 15) is 4.39 Å². The van der Waals surface area contributed by atoms with Crippen LogP contribution in [0.4, 0.5) is 4.39 Å². The quantitative estimate of drug-likeness (QED) is 0.896. The van der Waals surface area contributed by atoms with Crippen molar-refractivity contribution in [2.45, 2.75) is 27.3 Å². The molecule has 0 aliphatic rings. The Labute approximate surface area is 113 Å². The van der Waals surface area contributed by atoms with Crippen LogP contribution in [0, 0.1) is 18.7 Å². The van der Waals surface area contributed by atoms with Gasteiger partial charge in [0.15, 0.2) is 0 Å². The SMILES string of the molecule is Cc1c(CNCC(C)C)cnn1-c1cccc(F)c1. The smallest absolute Gasteiger partial charge is 0.125 e. The zero-order valence-electron chi connectivity index (χ0n) is 11.7. The first-order chi connectivity index (χ1) is 9.08. The summed E-state index contributed by atoms with van der Waals surface area (Å²) >= 11 is 0. The molecule has 1 aromatic heterocycles. The summed E-state index contributed by atoms with van der Waals surface area (Å²) in [5, 5.41) is 7.73. The van der Waals surface area contributed by atoms with Gasteiger partial charge in [0.2, 0.25) is 0 Å². The van der Waals surface area contributed by atoms with E-state index in [-0.39, 0.29) is 5.82 Å². The minimum atomic E-state index is -0.244. The van der Waals surface area contributed by atoms with Crippen molar-refractivity contribution in [3.8, 4) is 5.69 Å². The predicted octanol–water partition coefficient (Wildman–Crippen LogP) is 3.07. The first-order valence-electron chi connectivity index (χ1n) is 6.58. The highest BCUT2D eigenvalue weighted by molar-refractivity contribution is 5.35. The van der Waals surface area contributed by atoms with E-state index in [1.165, 1.54) is 12.1 Å². The molecule has 102 valence electrons. The van der Waals surface area contributed by atoms with E-state index in [1.54, 1.807) is 10.7 Å². The van der Waals surface area contributed by atoms with Gasteiger partial charge in [-0.3, -0.25) is 0 Å². The fraction of sp³-hybridized carbons (Fsp3) is 0.400. The Hall–Kier alpha value is -1.68. The second-order valence-corrected chi connectivity index (χ2v) is 5.17. The van der Waals surface area contributed by atoms with Gasteiger partial charge >= 0.3 is 0 Å². The lowest BCUT2D eigenvalue weighted by Crippen LogP contribution is -2.19. The van der Waals surface area contributed by atoms with Crippen LogP contribution < -0.4 is 5.32 Å². The summed E-state index contributed by atoms with van der Waals surface area (Å²) in [4.78, 5) is 0. The van der Waals surface area contributed by atoms with E-state index in [0.717, 1.165) is 30.0 Å². The second kappa shape index (κ2) is 5.97. The fourth-order valence-corrected chi connectivity index (χ4v) is 1.98. The maximum absolute atomic E-state index is 13.2. The van der Waals surface area contributed by atoms with Crippen LogP contribution in [0.15, 0.2) is 30.5 Å². The minimum absolute atomic E-state index is 0.244. The molecule has 19 heavy (non-hydrogen) atoms. The van der Waals surface area contributed by atoms with Gasteiger partial charge in [-0.2, -0.15) is 5.10 Å². The van der Waals surface area contributed by atoms with Crippen LogP contribution >= 0.6 is 0 Å². The molecular formula is C15H20FN3. The lowest BCUT2D eigenvalue weighted by Gasteiger charge is -2.08. The van der Waals surface area contributed by atoms with Crippen LogP contribution in [0.3, 0.4) is 0 Å². The molecule has 0 atom stereocenters. The van der Waals surface area contributed by atoms with E-state index < -0.39 is 0 Å². The lowest BCUT2D eigenvalue weighted by atomic mass is 10.2. The molecule has 0 saturated carbocycles. The standard InChI is InChI=1S/C15H20FN3/c1-11(2)8-17-9-13-10-18-19(12(13)3)15-6-4-5-14(16)7-15/h4-7,10-11,17H,8-9H2,1-3H3. The third-order valence-electron chi connectivity index (χ3n) is 3.03. The zero-order chi connectivity index (χ0) is 13.8. The Bertz CT molecular complexity index is 546. The summed E-state index contributed by atoms with van der Waals surface area (Å²) in [5.41, 5.74) is 2.94. The normalized spacial score (nSPS) is 11.2. The van der Waals surface area contributed by atoms with Gasteiger partial charge in [-0.25, -0.2) is 9.07 Å². The molecule has 0 spiro atoms. The topological polar surface area (TPSA) is 29.9 Å². The number of benzene rings is 1. The molecule has 0 unspecified atom stereocenters. The highest BCUT2D eigenvalue weighted by Crippen LogP contribution is 2.15. The molecule has 0 saturated heterocycles. The summed E-state index contributed by atoms with van der Waals surface area (Å²) in [6.45, 7) is 8.13. The molecular weight excluding hydrogens is 241 g/mol. The average Bonchev–Trinajstić information content (AvgIpc) is 2.71. The molecule has 0 aliphatic carbocycles. The van der Waals surface area contributed by atoms with Gasteiger partial charge in [-0.05, 0) is 37.6 Å². The van der Waals surface area contributed by atoms with Crippen LogP contribution in [-0.4, -0.2) is 16.3 Å². The Balaban J connectivity index is 2.14. The molecule has 0 amide bonds. The van der Waals surface area contributed by atoms with Gasteiger partial charge in [0.25, 0.3) is 0 Å². The van der Waals surface area contributed by atoms with Crippen molar-refractivity contribution >= 4 is 0 Å². The molecule has 0 fully saturated rings. The van der Waals surface area contributed by atoms with Crippen LogP contribution in [0.2, 0.25) is 0 Å². The van der Waals surface area contributed by atoms with E-state index in [0.29, 0.717) is 5.92 Å². The summed E-state index contributed by atoms with van der Waals surface area (Å²) in [5.74, 6) is 0.380. The first kappa shape index (κ1) is 13.7. The number of aromatic nitrogens is 2. The van der Waals surface area contributed by atoms with Crippen molar-refractivity contribution in [1.29, 1.82) is 0 Å². The van der Waals surface area contributed by atoms with Gasteiger partial charge in [-0.1, -0.05) is 19.9 Å². The van der Waals surface area contributed by atoms with Crippen LogP contribution in [-0.2, 0) is 6.54 Å². The Morgan fingerprint density at radius 2 is 2.16 bits per heavy atom. The molecule has 0 aliphatic heterocycles. The molecule has 1 heterocycles. The van der Waals surface area contributed by atoms with Crippen molar-refractivity contribution in [3.63, 3.8) is 0 Å². The Morgan fingerprint density at radius 1 is 1.37 bits per heavy atom. The average molecular weight is 261 g/mol. The van der Waals surface area contributed by atoms with Gasteiger partial charge in [0, 0.05) is 17.8 Å². The summed E-state index contributed by atoms with van der Waals surface area (Å²) < 4.78 is 15.0. The van der Waals surface area contributed by atoms with Crippen LogP contribution in [0.25, 0.3) is 5.69 Å². The monoisotopic (exact) mass is 261 g/mol. The maximum atomic E-state index is 13.2. The predicted molar refractivity (Wildman–Crippen MR) is 74.8 cm³/mol. The molecule has 0 radical (unpaired) electrons. The molecule has 4 heteroatoms. The first-order valence-corrected chi connectivity index (χ1v) is 6.58. The lowest BCUT2D eigenvalue weighted by molar-refractivity contribution is 0.551. The molecule has 2 rings (SSSR count). The van der Waals surface area contributed by atoms with Gasteiger partial charge in [0.1, 0.15) is 5.82 Å². The van der Waals surface area contributed by atoms with Gasteiger partial charge in [0.05, 0.1) is 11.9 Å². The minimum Gasteiger partial charge on any atom is -0.312 e. The van der Waals surface area contributed by atoms with E-state index in [2.05, 4.69) is 24.3 Å². The second-order valence-electron chi connectivity index (χ2n) is 5.17. The van der Waals surface area contributed by atoms with Crippen LogP contribution in [0.5, 0.6) is 0 Å². The third-order valence-corrected chi connectivity index (χ3v) is 3.03. The summed E-state index contributed by atoms with van der Waals surface area (Å²) in [6, 6.07) is 6.48. The number of rotatable bonds is 5. The highest BCUT2D eigenvalue weighted by Gasteiger charge is 2.08. The Kier molecular flexibility index (Phi) is 4.32. The Morgan fingerprint density at radius 3 is 2.84 bits per heavy atom. The number of hydrogen-bond donors (Lipinski definition) is 1. The van der Waals surface area contributed by atoms with E-state index >= 15 is 0 Å². The number of halogens is 1. The maximum Gasteiger partial charge on any atom is 0.125 e.